The first-order chi connectivity index (χ1) is 8.63. The van der Waals surface area contributed by atoms with Crippen LogP contribution in [0, 0.1) is 5.92 Å². The summed E-state index contributed by atoms with van der Waals surface area (Å²) in [4.78, 5) is 0. The van der Waals surface area contributed by atoms with E-state index in [0.29, 0.717) is 6.61 Å². The third-order valence-corrected chi connectivity index (χ3v) is 3.88. The van der Waals surface area contributed by atoms with E-state index in [0.717, 1.165) is 17.4 Å². The van der Waals surface area contributed by atoms with Crippen molar-refractivity contribution in [2.45, 2.75) is 33.2 Å². The minimum Gasteiger partial charge on any atom is -0.494 e. The third kappa shape index (κ3) is 5.78. The molecule has 0 spiro atoms. The van der Waals surface area contributed by atoms with Gasteiger partial charge in [0.15, 0.2) is 0 Å². The summed E-state index contributed by atoms with van der Waals surface area (Å²) in [6.45, 7) is 7.21. The third-order valence-electron chi connectivity index (χ3n) is 2.76. The average Bonchev–Trinajstić information content (AvgIpc) is 2.35. The number of hydrogen-bond donors (Lipinski definition) is 1. The molecule has 3 heteroatoms. The SMILES string of the molecule is CCOc1ccc(C(N)CSCCC(C)C)cc1. The molecule has 0 aromatic heterocycles. The van der Waals surface area contributed by atoms with E-state index in [2.05, 4.69) is 26.0 Å². The second-order valence-corrected chi connectivity index (χ2v) is 6.02. The molecule has 18 heavy (non-hydrogen) atoms. The van der Waals surface area contributed by atoms with Crippen molar-refractivity contribution < 1.29 is 4.74 Å². The van der Waals surface area contributed by atoms with Crippen LogP contribution in [0.25, 0.3) is 0 Å². The molecule has 0 saturated heterocycles. The zero-order chi connectivity index (χ0) is 13.4. The van der Waals surface area contributed by atoms with Crippen molar-refractivity contribution in [2.75, 3.05) is 18.1 Å². The molecule has 1 atom stereocenters. The van der Waals surface area contributed by atoms with E-state index in [-0.39, 0.29) is 6.04 Å². The van der Waals surface area contributed by atoms with Crippen LogP contribution < -0.4 is 10.5 Å². The fourth-order valence-electron chi connectivity index (χ4n) is 1.60. The molecular weight excluding hydrogens is 242 g/mol. The van der Waals surface area contributed by atoms with E-state index < -0.39 is 0 Å². The molecule has 0 heterocycles. The summed E-state index contributed by atoms with van der Waals surface area (Å²) in [6.07, 6.45) is 1.26. The largest absolute Gasteiger partial charge is 0.494 e. The van der Waals surface area contributed by atoms with Crippen molar-refractivity contribution in [3.05, 3.63) is 29.8 Å². The Morgan fingerprint density at radius 1 is 1.22 bits per heavy atom. The molecule has 0 aliphatic heterocycles. The Morgan fingerprint density at radius 2 is 1.89 bits per heavy atom. The summed E-state index contributed by atoms with van der Waals surface area (Å²) in [5.41, 5.74) is 7.36. The van der Waals surface area contributed by atoms with Crippen molar-refractivity contribution in [3.8, 4) is 5.75 Å². The normalized spacial score (nSPS) is 12.7. The van der Waals surface area contributed by atoms with Gasteiger partial charge in [-0.3, -0.25) is 0 Å². The smallest absolute Gasteiger partial charge is 0.119 e. The molecule has 0 aliphatic carbocycles. The highest BCUT2D eigenvalue weighted by Crippen LogP contribution is 2.20. The molecule has 1 aromatic rings. The quantitative estimate of drug-likeness (QED) is 0.726. The van der Waals surface area contributed by atoms with Crippen LogP contribution in [0.5, 0.6) is 5.75 Å². The first kappa shape index (κ1) is 15.4. The maximum absolute atomic E-state index is 6.17. The fourth-order valence-corrected chi connectivity index (χ4v) is 2.85. The van der Waals surface area contributed by atoms with Crippen LogP contribution in [0.1, 0.15) is 38.8 Å². The summed E-state index contributed by atoms with van der Waals surface area (Å²) >= 11 is 1.94. The maximum Gasteiger partial charge on any atom is 0.119 e. The summed E-state index contributed by atoms with van der Waals surface area (Å²) in [5.74, 6) is 3.88. The Hall–Kier alpha value is -0.670. The standard InChI is InChI=1S/C15H25NOS/c1-4-17-14-7-5-13(6-8-14)15(16)11-18-10-9-12(2)3/h5-8,12,15H,4,9-11,16H2,1-3H3. The van der Waals surface area contributed by atoms with Crippen LogP contribution in [-0.4, -0.2) is 18.1 Å². The highest BCUT2D eigenvalue weighted by atomic mass is 32.2. The van der Waals surface area contributed by atoms with Crippen LogP contribution >= 0.6 is 11.8 Å². The van der Waals surface area contributed by atoms with E-state index >= 15 is 0 Å². The van der Waals surface area contributed by atoms with Crippen molar-refractivity contribution in [2.24, 2.45) is 11.7 Å². The second kappa shape index (κ2) is 8.44. The number of rotatable bonds is 8. The van der Waals surface area contributed by atoms with Crippen LogP contribution in [-0.2, 0) is 0 Å². The lowest BCUT2D eigenvalue weighted by atomic mass is 10.1. The van der Waals surface area contributed by atoms with Gasteiger partial charge in [-0.15, -0.1) is 0 Å². The number of hydrogen-bond acceptors (Lipinski definition) is 3. The van der Waals surface area contributed by atoms with Crippen molar-refractivity contribution in [1.29, 1.82) is 0 Å². The second-order valence-electron chi connectivity index (χ2n) is 4.87. The summed E-state index contributed by atoms with van der Waals surface area (Å²) in [7, 11) is 0. The lowest BCUT2D eigenvalue weighted by Crippen LogP contribution is -2.13. The van der Waals surface area contributed by atoms with Gasteiger partial charge >= 0.3 is 0 Å². The van der Waals surface area contributed by atoms with Crippen LogP contribution in [0.4, 0.5) is 0 Å². The van der Waals surface area contributed by atoms with Gasteiger partial charge in [0.1, 0.15) is 5.75 Å². The molecule has 1 rings (SSSR count). The van der Waals surface area contributed by atoms with Gasteiger partial charge in [-0.2, -0.15) is 11.8 Å². The Labute approximate surface area is 115 Å². The molecule has 0 saturated carbocycles. The lowest BCUT2D eigenvalue weighted by molar-refractivity contribution is 0.340. The van der Waals surface area contributed by atoms with Crippen molar-refractivity contribution in [1.82, 2.24) is 0 Å². The monoisotopic (exact) mass is 267 g/mol. The molecule has 0 amide bonds. The number of ether oxygens (including phenoxy) is 1. The predicted octanol–water partition coefficient (Wildman–Crippen LogP) is 3.86. The molecule has 2 N–H and O–H groups in total. The zero-order valence-electron chi connectivity index (χ0n) is 11.7. The number of thioether (sulfide) groups is 1. The Kier molecular flexibility index (Phi) is 7.21. The minimum atomic E-state index is 0.123. The lowest BCUT2D eigenvalue weighted by Gasteiger charge is -2.13. The molecule has 1 aromatic carbocycles. The molecule has 102 valence electrons. The maximum atomic E-state index is 6.17. The Balaban J connectivity index is 2.34. The summed E-state index contributed by atoms with van der Waals surface area (Å²) in [6, 6.07) is 8.25. The predicted molar refractivity (Wildman–Crippen MR) is 81.3 cm³/mol. The molecule has 1 unspecified atom stereocenters. The summed E-state index contributed by atoms with van der Waals surface area (Å²) < 4.78 is 5.42. The Bertz CT molecular complexity index is 324. The van der Waals surface area contributed by atoms with Gasteiger partial charge in [0.05, 0.1) is 6.61 Å². The van der Waals surface area contributed by atoms with E-state index in [9.17, 15) is 0 Å². The van der Waals surface area contributed by atoms with Gasteiger partial charge in [-0.25, -0.2) is 0 Å². The van der Waals surface area contributed by atoms with Crippen LogP contribution in [0.2, 0.25) is 0 Å². The van der Waals surface area contributed by atoms with E-state index in [1.807, 2.05) is 30.8 Å². The Morgan fingerprint density at radius 3 is 2.44 bits per heavy atom. The average molecular weight is 267 g/mol. The van der Waals surface area contributed by atoms with Crippen molar-refractivity contribution in [3.63, 3.8) is 0 Å². The molecule has 0 fully saturated rings. The highest BCUT2D eigenvalue weighted by molar-refractivity contribution is 7.99. The molecule has 0 aliphatic rings. The van der Waals surface area contributed by atoms with Crippen LogP contribution in [0.15, 0.2) is 24.3 Å². The van der Waals surface area contributed by atoms with Gasteiger partial charge in [0.2, 0.25) is 0 Å². The molecule has 0 radical (unpaired) electrons. The first-order valence-electron chi connectivity index (χ1n) is 6.69. The molecular formula is C15H25NOS. The van der Waals surface area contributed by atoms with Gasteiger partial charge in [-0.1, -0.05) is 26.0 Å². The number of nitrogens with two attached hydrogens (primary N) is 1. The topological polar surface area (TPSA) is 35.2 Å². The fraction of sp³-hybridized carbons (Fsp3) is 0.600. The number of benzene rings is 1. The minimum absolute atomic E-state index is 0.123. The van der Waals surface area contributed by atoms with E-state index in [1.165, 1.54) is 17.7 Å². The molecule has 0 bridgehead atoms. The highest BCUT2D eigenvalue weighted by Gasteiger charge is 2.06. The van der Waals surface area contributed by atoms with E-state index in [1.54, 1.807) is 0 Å². The van der Waals surface area contributed by atoms with Crippen molar-refractivity contribution >= 4 is 11.8 Å². The van der Waals surface area contributed by atoms with Gasteiger partial charge in [-0.05, 0) is 42.7 Å². The van der Waals surface area contributed by atoms with Gasteiger partial charge in [0.25, 0.3) is 0 Å². The van der Waals surface area contributed by atoms with E-state index in [4.69, 9.17) is 10.5 Å². The summed E-state index contributed by atoms with van der Waals surface area (Å²) in [5, 5.41) is 0. The zero-order valence-corrected chi connectivity index (χ0v) is 12.5. The molecule has 2 nitrogen and oxygen atoms in total. The van der Waals surface area contributed by atoms with Gasteiger partial charge in [0, 0.05) is 11.8 Å². The first-order valence-corrected chi connectivity index (χ1v) is 7.85. The van der Waals surface area contributed by atoms with Gasteiger partial charge < -0.3 is 10.5 Å². The van der Waals surface area contributed by atoms with Crippen LogP contribution in [0.3, 0.4) is 0 Å².